The van der Waals surface area contributed by atoms with Gasteiger partial charge in [-0.1, -0.05) is 27.7 Å². The molecule has 0 saturated heterocycles. The molecule has 0 spiro atoms. The number of aryl methyl sites for hydroxylation is 2. The van der Waals surface area contributed by atoms with E-state index in [1.54, 1.807) is 16.8 Å². The number of aromatic nitrogens is 2. The molecule has 2 rings (SSSR count). The van der Waals surface area contributed by atoms with Gasteiger partial charge < -0.3 is 9.67 Å². The fraction of sp³-hybridized carbons (Fsp3) is 0.412. The van der Waals surface area contributed by atoms with Crippen molar-refractivity contribution in [1.82, 2.24) is 9.55 Å². The molecule has 0 amide bonds. The third-order valence-electron chi connectivity index (χ3n) is 2.87. The third kappa shape index (κ3) is 4.45. The smallest absolute Gasteiger partial charge is 0.352 e. The summed E-state index contributed by atoms with van der Waals surface area (Å²) in [6.45, 7) is 13.7. The summed E-state index contributed by atoms with van der Waals surface area (Å²) in [5, 5.41) is 9.18. The van der Waals surface area contributed by atoms with Crippen LogP contribution in [0.5, 0.6) is 0 Å². The molecule has 4 nitrogen and oxygen atoms in total. The summed E-state index contributed by atoms with van der Waals surface area (Å²) >= 11 is 0. The molecule has 2 aromatic rings. The molecule has 116 valence electrons. The van der Waals surface area contributed by atoms with Gasteiger partial charge in [0.05, 0.1) is 11.9 Å². The maximum Gasteiger partial charge on any atom is 0.352 e. The average Bonchev–Trinajstić information content (AvgIpc) is 2.81. The third-order valence-corrected chi connectivity index (χ3v) is 2.87. The van der Waals surface area contributed by atoms with Gasteiger partial charge in [0.1, 0.15) is 5.69 Å². The zero-order chi connectivity index (χ0) is 16.6. The number of pyridine rings is 1. The van der Waals surface area contributed by atoms with Gasteiger partial charge in [-0.3, -0.25) is 4.98 Å². The van der Waals surface area contributed by atoms with E-state index in [4.69, 9.17) is 0 Å². The Morgan fingerprint density at radius 3 is 2.10 bits per heavy atom. The summed E-state index contributed by atoms with van der Waals surface area (Å²) in [4.78, 5) is 15.4. The van der Waals surface area contributed by atoms with E-state index >= 15 is 0 Å². The topological polar surface area (TPSA) is 55.1 Å². The summed E-state index contributed by atoms with van der Waals surface area (Å²) in [5.74, 6) is -0.929. The highest BCUT2D eigenvalue weighted by atomic mass is 16.4. The second-order valence-electron chi connectivity index (χ2n) is 4.10. The van der Waals surface area contributed by atoms with E-state index < -0.39 is 5.97 Å². The first kappa shape index (κ1) is 18.9. The molecule has 0 aliphatic rings. The molecular weight excluding hydrogens is 264 g/mol. The Morgan fingerprint density at radius 2 is 1.67 bits per heavy atom. The number of carboxylic acids is 1. The number of carbonyl (C=O) groups is 1. The fourth-order valence-electron chi connectivity index (χ4n) is 1.81. The molecule has 0 aliphatic carbocycles. The van der Waals surface area contributed by atoms with E-state index in [1.807, 2.05) is 60.6 Å². The summed E-state index contributed by atoms with van der Waals surface area (Å²) in [6.07, 6.45) is 1.69. The van der Waals surface area contributed by atoms with Crippen LogP contribution in [0.25, 0.3) is 5.69 Å². The average molecular weight is 290 g/mol. The lowest BCUT2D eigenvalue weighted by atomic mass is 10.3. The van der Waals surface area contributed by atoms with Crippen molar-refractivity contribution in [3.63, 3.8) is 0 Å². The number of nitrogens with zero attached hydrogens (tertiary/aromatic N) is 2. The van der Waals surface area contributed by atoms with Gasteiger partial charge in [-0.15, -0.1) is 0 Å². The van der Waals surface area contributed by atoms with Crippen LogP contribution in [-0.2, 0) is 0 Å². The highest BCUT2D eigenvalue weighted by Gasteiger charge is 2.16. The van der Waals surface area contributed by atoms with Crippen LogP contribution in [0.4, 0.5) is 0 Å². The summed E-state index contributed by atoms with van der Waals surface area (Å²) < 4.78 is 1.71. The van der Waals surface area contributed by atoms with Gasteiger partial charge >= 0.3 is 5.97 Å². The summed E-state index contributed by atoms with van der Waals surface area (Å²) in [6, 6.07) is 5.43. The number of carboxylic acid groups (broad SMARTS) is 1. The van der Waals surface area contributed by atoms with Crippen LogP contribution in [0.1, 0.15) is 55.1 Å². The molecular formula is C17H26N2O2. The molecule has 0 radical (unpaired) electrons. The van der Waals surface area contributed by atoms with Crippen molar-refractivity contribution in [2.45, 2.75) is 48.5 Å². The van der Waals surface area contributed by atoms with Crippen LogP contribution in [0, 0.1) is 20.8 Å². The van der Waals surface area contributed by atoms with Gasteiger partial charge in [-0.05, 0) is 44.5 Å². The highest BCUT2D eigenvalue weighted by Crippen LogP contribution is 2.20. The Kier molecular flexibility index (Phi) is 8.06. The number of hydrogen-bond donors (Lipinski definition) is 1. The molecule has 0 fully saturated rings. The highest BCUT2D eigenvalue weighted by molar-refractivity contribution is 5.87. The van der Waals surface area contributed by atoms with Gasteiger partial charge in [0.15, 0.2) is 0 Å². The second kappa shape index (κ2) is 8.95. The van der Waals surface area contributed by atoms with Crippen molar-refractivity contribution in [1.29, 1.82) is 0 Å². The molecule has 2 heterocycles. The van der Waals surface area contributed by atoms with E-state index in [2.05, 4.69) is 4.98 Å². The minimum Gasteiger partial charge on any atom is -0.477 e. The quantitative estimate of drug-likeness (QED) is 0.882. The van der Waals surface area contributed by atoms with Crippen molar-refractivity contribution < 1.29 is 9.90 Å². The Hall–Kier alpha value is -2.10. The Bertz CT molecular complexity index is 569. The minimum absolute atomic E-state index is 0.269. The monoisotopic (exact) mass is 290 g/mol. The zero-order valence-corrected chi connectivity index (χ0v) is 14.1. The molecule has 0 aromatic carbocycles. The van der Waals surface area contributed by atoms with Gasteiger partial charge in [0.2, 0.25) is 0 Å². The van der Waals surface area contributed by atoms with Crippen LogP contribution in [-0.4, -0.2) is 20.6 Å². The van der Waals surface area contributed by atoms with Crippen LogP contribution >= 0.6 is 0 Å². The van der Waals surface area contributed by atoms with Crippen molar-refractivity contribution in [2.75, 3.05) is 0 Å². The van der Waals surface area contributed by atoms with Crippen molar-refractivity contribution in [2.24, 2.45) is 0 Å². The summed E-state index contributed by atoms with van der Waals surface area (Å²) in [7, 11) is 0. The second-order valence-corrected chi connectivity index (χ2v) is 4.10. The first-order valence-electron chi connectivity index (χ1n) is 7.36. The van der Waals surface area contributed by atoms with Gasteiger partial charge in [-0.2, -0.15) is 0 Å². The molecule has 0 atom stereocenters. The van der Waals surface area contributed by atoms with E-state index in [1.165, 1.54) is 0 Å². The van der Waals surface area contributed by atoms with Crippen molar-refractivity contribution in [3.05, 3.63) is 47.0 Å². The largest absolute Gasteiger partial charge is 0.477 e. The van der Waals surface area contributed by atoms with Crippen molar-refractivity contribution >= 4 is 5.97 Å². The van der Waals surface area contributed by atoms with Crippen LogP contribution in [0.2, 0.25) is 0 Å². The van der Waals surface area contributed by atoms with Crippen molar-refractivity contribution in [3.8, 4) is 5.69 Å². The molecule has 21 heavy (non-hydrogen) atoms. The van der Waals surface area contributed by atoms with Gasteiger partial charge in [0.25, 0.3) is 0 Å². The number of hydrogen-bond acceptors (Lipinski definition) is 2. The maximum absolute atomic E-state index is 11.2. The standard InChI is InChI=1S/C13H14N2O2.2C2H6/c1-8-6-12(13(16)17)15(10(8)3)11-5-4-9(2)14-7-11;2*1-2/h4-7H,1-3H3,(H,16,17);2*1-2H3. The van der Waals surface area contributed by atoms with E-state index in [9.17, 15) is 9.90 Å². The van der Waals surface area contributed by atoms with Crippen LogP contribution in [0.15, 0.2) is 24.4 Å². The Balaban J connectivity index is 0.000000921. The lowest BCUT2D eigenvalue weighted by molar-refractivity contribution is 0.0688. The van der Waals surface area contributed by atoms with Gasteiger partial charge in [0, 0.05) is 11.4 Å². The molecule has 0 bridgehead atoms. The van der Waals surface area contributed by atoms with Crippen LogP contribution in [0.3, 0.4) is 0 Å². The van der Waals surface area contributed by atoms with E-state index in [0.29, 0.717) is 0 Å². The molecule has 1 N–H and O–H groups in total. The molecule has 0 unspecified atom stereocenters. The fourth-order valence-corrected chi connectivity index (χ4v) is 1.81. The predicted molar refractivity (Wildman–Crippen MR) is 87.4 cm³/mol. The van der Waals surface area contributed by atoms with E-state index in [0.717, 1.165) is 22.6 Å². The predicted octanol–water partition coefficient (Wildman–Crippen LogP) is 4.55. The van der Waals surface area contributed by atoms with E-state index in [-0.39, 0.29) is 5.69 Å². The normalized spacial score (nSPS) is 9.10. The Morgan fingerprint density at radius 1 is 1.10 bits per heavy atom. The summed E-state index contributed by atoms with van der Waals surface area (Å²) in [5.41, 5.74) is 3.84. The first-order chi connectivity index (χ1) is 10.0. The maximum atomic E-state index is 11.2. The molecule has 0 aliphatic heterocycles. The van der Waals surface area contributed by atoms with Gasteiger partial charge in [-0.25, -0.2) is 4.79 Å². The van der Waals surface area contributed by atoms with Crippen LogP contribution < -0.4 is 0 Å². The SMILES string of the molecule is CC.CC.Cc1ccc(-n2c(C(=O)O)cc(C)c2C)cn1. The number of aromatic carboxylic acids is 1. The molecule has 2 aromatic heterocycles. The first-order valence-corrected chi connectivity index (χ1v) is 7.36. The molecule has 4 heteroatoms. The minimum atomic E-state index is -0.929. The lowest BCUT2D eigenvalue weighted by Crippen LogP contribution is -2.08. The number of rotatable bonds is 2. The molecule has 0 saturated carbocycles. The Labute approximate surface area is 127 Å². The zero-order valence-electron chi connectivity index (χ0n) is 14.1. The lowest BCUT2D eigenvalue weighted by Gasteiger charge is -2.09.